The van der Waals surface area contributed by atoms with Crippen LogP contribution in [0.2, 0.25) is 0 Å². The van der Waals surface area contributed by atoms with Gasteiger partial charge in [-0.3, -0.25) is 4.79 Å². The van der Waals surface area contributed by atoms with Gasteiger partial charge in [-0.25, -0.2) is 4.98 Å². The van der Waals surface area contributed by atoms with Crippen LogP contribution < -0.4 is 10.6 Å². The van der Waals surface area contributed by atoms with Gasteiger partial charge in [-0.15, -0.1) is 11.3 Å². The zero-order valence-corrected chi connectivity index (χ0v) is 13.7. The topological polar surface area (TPSA) is 54.0 Å². The van der Waals surface area contributed by atoms with Crippen molar-refractivity contribution in [2.45, 2.75) is 57.4 Å². The molecule has 2 atom stereocenters. The summed E-state index contributed by atoms with van der Waals surface area (Å²) in [6.07, 6.45) is 9.13. The molecule has 1 amide bonds. The van der Waals surface area contributed by atoms with Crippen LogP contribution in [-0.2, 0) is 4.79 Å². The largest absolute Gasteiger partial charge is 0.317 e. The van der Waals surface area contributed by atoms with Gasteiger partial charge < -0.3 is 10.6 Å². The van der Waals surface area contributed by atoms with E-state index in [0.29, 0.717) is 12.0 Å². The SMILES string of the molecule is CNC1CC(C(=O)Nc2ncc([C@@H]3CCCC[C@H]3C)s2)C1. The molecule has 2 aliphatic rings. The van der Waals surface area contributed by atoms with Crippen LogP contribution in [0.25, 0.3) is 0 Å². The van der Waals surface area contributed by atoms with Crippen molar-refractivity contribution >= 4 is 22.4 Å². The first-order chi connectivity index (χ1) is 10.2. The Morgan fingerprint density at radius 1 is 1.33 bits per heavy atom. The third-order valence-corrected chi connectivity index (χ3v) is 6.19. The van der Waals surface area contributed by atoms with E-state index in [9.17, 15) is 4.79 Å². The standard InChI is InChI=1S/C16H25N3OS/c1-10-5-3-4-6-13(10)14-9-18-16(21-14)19-15(20)11-7-12(8-11)17-2/h9-13,17H,3-8H2,1-2H3,(H,18,19,20)/t10-,11?,12?,13-/m1/s1. The minimum Gasteiger partial charge on any atom is -0.317 e. The number of carbonyl (C=O) groups is 1. The maximum atomic E-state index is 12.1. The lowest BCUT2D eigenvalue weighted by Crippen LogP contribution is -2.44. The summed E-state index contributed by atoms with van der Waals surface area (Å²) in [7, 11) is 1.96. The summed E-state index contributed by atoms with van der Waals surface area (Å²) in [5, 5.41) is 6.99. The second-order valence-corrected chi connectivity index (χ2v) is 7.64. The molecule has 2 N–H and O–H groups in total. The first kappa shape index (κ1) is 15.0. The molecule has 0 saturated heterocycles. The van der Waals surface area contributed by atoms with Crippen molar-refractivity contribution in [1.29, 1.82) is 0 Å². The van der Waals surface area contributed by atoms with Gasteiger partial charge in [-0.05, 0) is 38.1 Å². The highest BCUT2D eigenvalue weighted by Crippen LogP contribution is 2.40. The van der Waals surface area contributed by atoms with Crippen LogP contribution in [0.1, 0.15) is 56.2 Å². The Morgan fingerprint density at radius 3 is 2.81 bits per heavy atom. The Balaban J connectivity index is 1.56. The number of nitrogens with one attached hydrogen (secondary N) is 2. The van der Waals surface area contributed by atoms with Gasteiger partial charge in [0.1, 0.15) is 0 Å². The maximum absolute atomic E-state index is 12.1. The van der Waals surface area contributed by atoms with Gasteiger partial charge in [0.05, 0.1) is 0 Å². The summed E-state index contributed by atoms with van der Waals surface area (Å²) in [5.41, 5.74) is 0. The Hall–Kier alpha value is -0.940. The number of hydrogen-bond donors (Lipinski definition) is 2. The first-order valence-electron chi connectivity index (χ1n) is 8.11. The second-order valence-electron chi connectivity index (χ2n) is 6.58. The van der Waals surface area contributed by atoms with E-state index >= 15 is 0 Å². The third-order valence-electron chi connectivity index (χ3n) is 5.15. The fourth-order valence-electron chi connectivity index (χ4n) is 3.53. The summed E-state index contributed by atoms with van der Waals surface area (Å²) < 4.78 is 0. The third kappa shape index (κ3) is 3.29. The molecular weight excluding hydrogens is 282 g/mol. The molecule has 2 aliphatic carbocycles. The summed E-state index contributed by atoms with van der Waals surface area (Å²) >= 11 is 1.67. The van der Waals surface area contributed by atoms with Crippen molar-refractivity contribution in [1.82, 2.24) is 10.3 Å². The molecule has 1 aromatic heterocycles. The fourth-order valence-corrected chi connectivity index (χ4v) is 4.62. The maximum Gasteiger partial charge on any atom is 0.229 e. The predicted octanol–water partition coefficient (Wildman–Crippen LogP) is 3.37. The van der Waals surface area contributed by atoms with Crippen LogP contribution in [-0.4, -0.2) is 24.0 Å². The highest BCUT2D eigenvalue weighted by molar-refractivity contribution is 7.15. The van der Waals surface area contributed by atoms with E-state index in [1.54, 1.807) is 11.3 Å². The van der Waals surface area contributed by atoms with E-state index < -0.39 is 0 Å². The highest BCUT2D eigenvalue weighted by Gasteiger charge is 2.34. The van der Waals surface area contributed by atoms with Crippen molar-refractivity contribution in [3.63, 3.8) is 0 Å². The lowest BCUT2D eigenvalue weighted by molar-refractivity contribution is -0.122. The zero-order chi connectivity index (χ0) is 14.8. The van der Waals surface area contributed by atoms with Crippen LogP contribution >= 0.6 is 11.3 Å². The van der Waals surface area contributed by atoms with E-state index in [-0.39, 0.29) is 11.8 Å². The number of thiazole rings is 1. The van der Waals surface area contributed by atoms with Gasteiger partial charge >= 0.3 is 0 Å². The van der Waals surface area contributed by atoms with Gasteiger partial charge in [-0.1, -0.05) is 26.2 Å². The molecule has 5 heteroatoms. The summed E-state index contributed by atoms with van der Waals surface area (Å²) in [4.78, 5) is 17.9. The molecular formula is C16H25N3OS. The predicted molar refractivity (Wildman–Crippen MR) is 86.7 cm³/mol. The van der Waals surface area contributed by atoms with E-state index in [4.69, 9.17) is 0 Å². The van der Waals surface area contributed by atoms with Gasteiger partial charge in [-0.2, -0.15) is 0 Å². The molecule has 0 spiro atoms. The number of rotatable bonds is 4. The molecule has 1 heterocycles. The number of amides is 1. The molecule has 2 fully saturated rings. The number of carbonyl (C=O) groups excluding carboxylic acids is 1. The van der Waals surface area contributed by atoms with E-state index in [1.165, 1.54) is 30.6 Å². The molecule has 1 aromatic rings. The first-order valence-corrected chi connectivity index (χ1v) is 8.93. The highest BCUT2D eigenvalue weighted by atomic mass is 32.1. The fraction of sp³-hybridized carbons (Fsp3) is 0.750. The van der Waals surface area contributed by atoms with Gasteiger partial charge in [0.25, 0.3) is 0 Å². The molecule has 21 heavy (non-hydrogen) atoms. The average molecular weight is 307 g/mol. The molecule has 116 valence electrons. The normalized spacial score (nSPS) is 32.5. The van der Waals surface area contributed by atoms with E-state index in [0.717, 1.165) is 23.9 Å². The van der Waals surface area contributed by atoms with Crippen LogP contribution in [0.15, 0.2) is 6.20 Å². The van der Waals surface area contributed by atoms with Crippen molar-refractivity contribution in [3.05, 3.63) is 11.1 Å². The minimum absolute atomic E-state index is 0.138. The van der Waals surface area contributed by atoms with E-state index in [1.807, 2.05) is 13.2 Å². The number of anilines is 1. The Bertz CT molecular complexity index is 495. The summed E-state index contributed by atoms with van der Waals surface area (Å²) in [6, 6.07) is 0.510. The molecule has 0 aliphatic heterocycles. The quantitative estimate of drug-likeness (QED) is 0.896. The van der Waals surface area contributed by atoms with Crippen LogP contribution in [0.5, 0.6) is 0 Å². The summed E-state index contributed by atoms with van der Waals surface area (Å²) in [5.74, 6) is 1.67. The van der Waals surface area contributed by atoms with Crippen LogP contribution in [0.3, 0.4) is 0 Å². The lowest BCUT2D eigenvalue weighted by atomic mass is 9.80. The van der Waals surface area contributed by atoms with Crippen molar-refractivity contribution in [3.8, 4) is 0 Å². The number of hydrogen-bond acceptors (Lipinski definition) is 4. The van der Waals surface area contributed by atoms with Crippen molar-refractivity contribution in [2.24, 2.45) is 11.8 Å². The molecule has 0 bridgehead atoms. The Morgan fingerprint density at radius 2 is 2.10 bits per heavy atom. The molecule has 2 saturated carbocycles. The Labute approximate surface area is 130 Å². The van der Waals surface area contributed by atoms with Crippen LogP contribution in [0.4, 0.5) is 5.13 Å². The monoisotopic (exact) mass is 307 g/mol. The van der Waals surface area contributed by atoms with Crippen molar-refractivity contribution in [2.75, 3.05) is 12.4 Å². The molecule has 0 unspecified atom stereocenters. The molecule has 0 aromatic carbocycles. The van der Waals surface area contributed by atoms with Crippen molar-refractivity contribution < 1.29 is 4.79 Å². The van der Waals surface area contributed by atoms with Gasteiger partial charge in [0, 0.05) is 23.0 Å². The molecule has 3 rings (SSSR count). The van der Waals surface area contributed by atoms with Crippen LogP contribution in [0, 0.1) is 11.8 Å². The summed E-state index contributed by atoms with van der Waals surface area (Å²) in [6.45, 7) is 2.34. The smallest absolute Gasteiger partial charge is 0.229 e. The number of aromatic nitrogens is 1. The zero-order valence-electron chi connectivity index (χ0n) is 12.9. The second kappa shape index (κ2) is 6.44. The number of nitrogens with zero attached hydrogens (tertiary/aromatic N) is 1. The van der Waals surface area contributed by atoms with Gasteiger partial charge in [0.15, 0.2) is 5.13 Å². The van der Waals surface area contributed by atoms with Gasteiger partial charge in [0.2, 0.25) is 5.91 Å². The molecule has 0 radical (unpaired) electrons. The lowest BCUT2D eigenvalue weighted by Gasteiger charge is -2.33. The van der Waals surface area contributed by atoms with E-state index in [2.05, 4.69) is 22.5 Å². The average Bonchev–Trinajstić information content (AvgIpc) is 2.86. The minimum atomic E-state index is 0.138. The Kier molecular flexibility index (Phi) is 4.60. The molecule has 4 nitrogen and oxygen atoms in total.